The Hall–Kier alpha value is -1.55. The van der Waals surface area contributed by atoms with Gasteiger partial charge in [-0.05, 0) is 25.0 Å². The summed E-state index contributed by atoms with van der Waals surface area (Å²) in [5.41, 5.74) is -0.0437. The molecule has 1 amide bonds. The molecule has 1 aromatic carbocycles. The van der Waals surface area contributed by atoms with Gasteiger partial charge in [0.1, 0.15) is 5.75 Å². The SMILES string of the molecule is CCC1(CC)Oc2ccccc2N(CCO)C1=O. The summed E-state index contributed by atoms with van der Waals surface area (Å²) < 4.78 is 5.93. The number of carbonyl (C=O) groups excluding carboxylic acids is 1. The van der Waals surface area contributed by atoms with Crippen LogP contribution in [0.2, 0.25) is 0 Å². The van der Waals surface area contributed by atoms with Crippen LogP contribution in [0.5, 0.6) is 5.75 Å². The Labute approximate surface area is 107 Å². The molecule has 0 radical (unpaired) electrons. The van der Waals surface area contributed by atoms with Crippen molar-refractivity contribution < 1.29 is 14.6 Å². The number of para-hydroxylation sites is 2. The maximum atomic E-state index is 12.6. The van der Waals surface area contributed by atoms with Gasteiger partial charge in [0.25, 0.3) is 5.91 Å². The molecular formula is C14H19NO3. The van der Waals surface area contributed by atoms with E-state index < -0.39 is 5.60 Å². The highest BCUT2D eigenvalue weighted by Gasteiger charge is 2.45. The van der Waals surface area contributed by atoms with E-state index in [0.29, 0.717) is 25.1 Å². The molecule has 1 aliphatic heterocycles. The van der Waals surface area contributed by atoms with E-state index in [1.165, 1.54) is 0 Å². The van der Waals surface area contributed by atoms with Crippen LogP contribution in [0, 0.1) is 0 Å². The van der Waals surface area contributed by atoms with Crippen molar-refractivity contribution >= 4 is 11.6 Å². The van der Waals surface area contributed by atoms with Crippen molar-refractivity contribution in [3.05, 3.63) is 24.3 Å². The quantitative estimate of drug-likeness (QED) is 0.887. The van der Waals surface area contributed by atoms with E-state index in [4.69, 9.17) is 9.84 Å². The average Bonchev–Trinajstić information content (AvgIpc) is 2.42. The molecule has 0 aliphatic carbocycles. The summed E-state index contributed by atoms with van der Waals surface area (Å²) in [4.78, 5) is 14.2. The molecular weight excluding hydrogens is 230 g/mol. The lowest BCUT2D eigenvalue weighted by atomic mass is 9.93. The number of hydrogen-bond donors (Lipinski definition) is 1. The molecule has 0 atom stereocenters. The van der Waals surface area contributed by atoms with Gasteiger partial charge >= 0.3 is 0 Å². The summed E-state index contributed by atoms with van der Waals surface area (Å²) in [5, 5.41) is 9.14. The van der Waals surface area contributed by atoms with Gasteiger partial charge < -0.3 is 14.7 Å². The van der Waals surface area contributed by atoms with Crippen LogP contribution in [0.25, 0.3) is 0 Å². The zero-order valence-electron chi connectivity index (χ0n) is 10.8. The second-order valence-electron chi connectivity index (χ2n) is 4.45. The van der Waals surface area contributed by atoms with Crippen LogP contribution in [0.15, 0.2) is 24.3 Å². The van der Waals surface area contributed by atoms with Gasteiger partial charge in [0.05, 0.1) is 12.3 Å². The van der Waals surface area contributed by atoms with Crippen molar-refractivity contribution in [2.75, 3.05) is 18.1 Å². The van der Waals surface area contributed by atoms with Crippen molar-refractivity contribution in [1.82, 2.24) is 0 Å². The van der Waals surface area contributed by atoms with E-state index in [1.54, 1.807) is 4.90 Å². The number of nitrogens with zero attached hydrogens (tertiary/aromatic N) is 1. The summed E-state index contributed by atoms with van der Waals surface area (Å²) in [6.07, 6.45) is 1.25. The van der Waals surface area contributed by atoms with Gasteiger partial charge in [-0.1, -0.05) is 26.0 Å². The average molecular weight is 249 g/mol. The Kier molecular flexibility index (Phi) is 3.57. The Morgan fingerprint density at radius 1 is 1.28 bits per heavy atom. The molecule has 18 heavy (non-hydrogen) atoms. The van der Waals surface area contributed by atoms with Gasteiger partial charge in [0, 0.05) is 6.54 Å². The molecule has 4 nitrogen and oxygen atoms in total. The Morgan fingerprint density at radius 3 is 2.56 bits per heavy atom. The van der Waals surface area contributed by atoms with Gasteiger partial charge in [-0.3, -0.25) is 4.79 Å². The Balaban J connectivity index is 2.49. The molecule has 0 fully saturated rings. The number of amides is 1. The number of hydrogen-bond acceptors (Lipinski definition) is 3. The third kappa shape index (κ3) is 1.86. The fourth-order valence-electron chi connectivity index (χ4n) is 2.39. The first-order chi connectivity index (χ1) is 8.68. The predicted molar refractivity (Wildman–Crippen MR) is 69.8 cm³/mol. The molecule has 1 aliphatic rings. The largest absolute Gasteiger partial charge is 0.475 e. The van der Waals surface area contributed by atoms with Crippen LogP contribution in [-0.4, -0.2) is 29.8 Å². The maximum Gasteiger partial charge on any atom is 0.271 e. The van der Waals surface area contributed by atoms with Crippen molar-refractivity contribution in [2.45, 2.75) is 32.3 Å². The highest BCUT2D eigenvalue weighted by molar-refractivity contribution is 6.02. The van der Waals surface area contributed by atoms with Crippen LogP contribution in [-0.2, 0) is 4.79 Å². The maximum absolute atomic E-state index is 12.6. The van der Waals surface area contributed by atoms with E-state index in [0.717, 1.165) is 5.69 Å². The second kappa shape index (κ2) is 4.98. The summed E-state index contributed by atoms with van der Waals surface area (Å²) >= 11 is 0. The normalized spacial score (nSPS) is 17.3. The lowest BCUT2D eigenvalue weighted by Gasteiger charge is -2.41. The van der Waals surface area contributed by atoms with Crippen LogP contribution >= 0.6 is 0 Å². The molecule has 4 heteroatoms. The molecule has 1 heterocycles. The van der Waals surface area contributed by atoms with Crippen molar-refractivity contribution in [1.29, 1.82) is 0 Å². The molecule has 0 saturated carbocycles. The zero-order valence-corrected chi connectivity index (χ0v) is 10.8. The van der Waals surface area contributed by atoms with Crippen LogP contribution < -0.4 is 9.64 Å². The monoisotopic (exact) mass is 249 g/mol. The molecule has 1 aromatic rings. The summed E-state index contributed by atoms with van der Waals surface area (Å²) in [6.45, 7) is 4.16. The van der Waals surface area contributed by atoms with Gasteiger partial charge in [-0.25, -0.2) is 0 Å². The Morgan fingerprint density at radius 2 is 1.94 bits per heavy atom. The topological polar surface area (TPSA) is 49.8 Å². The number of β-amino-alcohol motifs (C(OH)–C–C–N with tert-alkyl or cyclic N) is 1. The first kappa shape index (κ1) is 12.9. The summed E-state index contributed by atoms with van der Waals surface area (Å²) in [7, 11) is 0. The van der Waals surface area contributed by atoms with E-state index in [-0.39, 0.29) is 12.5 Å². The minimum atomic E-state index is -0.788. The number of benzene rings is 1. The van der Waals surface area contributed by atoms with Gasteiger partial charge in [0.15, 0.2) is 5.60 Å². The third-order valence-electron chi connectivity index (χ3n) is 3.56. The molecule has 0 aromatic heterocycles. The highest BCUT2D eigenvalue weighted by atomic mass is 16.5. The molecule has 98 valence electrons. The Bertz CT molecular complexity index is 440. The third-order valence-corrected chi connectivity index (χ3v) is 3.56. The highest BCUT2D eigenvalue weighted by Crippen LogP contribution is 2.40. The summed E-state index contributed by atoms with van der Waals surface area (Å²) in [5.74, 6) is 0.662. The minimum Gasteiger partial charge on any atom is -0.475 e. The number of ether oxygens (including phenoxy) is 1. The van der Waals surface area contributed by atoms with Crippen molar-refractivity contribution in [2.24, 2.45) is 0 Å². The van der Waals surface area contributed by atoms with Gasteiger partial charge in [-0.2, -0.15) is 0 Å². The standard InChI is InChI=1S/C14H19NO3/c1-3-14(4-2)13(17)15(9-10-16)11-7-5-6-8-12(11)18-14/h5-8,16H,3-4,9-10H2,1-2H3. The van der Waals surface area contributed by atoms with Gasteiger partial charge in [0.2, 0.25) is 0 Å². The van der Waals surface area contributed by atoms with Crippen LogP contribution in [0.4, 0.5) is 5.69 Å². The molecule has 0 unspecified atom stereocenters. The lowest BCUT2D eigenvalue weighted by Crippen LogP contribution is -2.56. The van der Waals surface area contributed by atoms with Crippen LogP contribution in [0.1, 0.15) is 26.7 Å². The number of anilines is 1. The van der Waals surface area contributed by atoms with Crippen molar-refractivity contribution in [3.8, 4) is 5.75 Å². The fourth-order valence-corrected chi connectivity index (χ4v) is 2.39. The smallest absolute Gasteiger partial charge is 0.271 e. The van der Waals surface area contributed by atoms with Crippen LogP contribution in [0.3, 0.4) is 0 Å². The molecule has 0 saturated heterocycles. The minimum absolute atomic E-state index is 0.0520. The van der Waals surface area contributed by atoms with E-state index >= 15 is 0 Å². The first-order valence-corrected chi connectivity index (χ1v) is 6.39. The lowest BCUT2D eigenvalue weighted by molar-refractivity contribution is -0.136. The number of aliphatic hydroxyl groups excluding tert-OH is 1. The van der Waals surface area contributed by atoms with E-state index in [9.17, 15) is 4.79 Å². The summed E-state index contributed by atoms with van der Waals surface area (Å²) in [6, 6.07) is 7.47. The molecule has 2 rings (SSSR count). The van der Waals surface area contributed by atoms with Gasteiger partial charge in [-0.15, -0.1) is 0 Å². The van der Waals surface area contributed by atoms with E-state index in [1.807, 2.05) is 38.1 Å². The predicted octanol–water partition coefficient (Wildman–Crippen LogP) is 1.96. The molecule has 1 N–H and O–H groups in total. The number of rotatable bonds is 4. The number of aliphatic hydroxyl groups is 1. The molecule has 0 spiro atoms. The fraction of sp³-hybridized carbons (Fsp3) is 0.500. The molecule has 0 bridgehead atoms. The van der Waals surface area contributed by atoms with E-state index in [2.05, 4.69) is 0 Å². The van der Waals surface area contributed by atoms with Crippen molar-refractivity contribution in [3.63, 3.8) is 0 Å². The number of fused-ring (bicyclic) bond motifs is 1. The second-order valence-corrected chi connectivity index (χ2v) is 4.45. The zero-order chi connectivity index (χ0) is 13.2. The first-order valence-electron chi connectivity index (χ1n) is 6.39. The number of carbonyl (C=O) groups is 1.